The van der Waals surface area contributed by atoms with Crippen LogP contribution >= 0.6 is 0 Å². The summed E-state index contributed by atoms with van der Waals surface area (Å²) < 4.78 is 0. The van der Waals surface area contributed by atoms with E-state index in [2.05, 4.69) is 10.4 Å². The molecule has 1 saturated heterocycles. The first-order chi connectivity index (χ1) is 7.33. The molecule has 1 aromatic heterocycles. The number of amides is 1. The molecule has 1 aliphatic heterocycles. The third kappa shape index (κ3) is 1.92. The lowest BCUT2D eigenvalue weighted by Gasteiger charge is -2.16. The summed E-state index contributed by atoms with van der Waals surface area (Å²) in [5, 5.41) is 0. The Morgan fingerprint density at radius 1 is 1.47 bits per heavy atom. The maximum atomic E-state index is 12.0. The third-order valence-electron chi connectivity index (χ3n) is 2.60. The van der Waals surface area contributed by atoms with Gasteiger partial charge in [-0.05, 0) is 18.9 Å². The molecule has 0 unspecified atom stereocenters. The van der Waals surface area contributed by atoms with Crippen LogP contribution in [0.1, 0.15) is 23.2 Å². The van der Waals surface area contributed by atoms with Crippen LogP contribution in [0, 0.1) is 0 Å². The Hall–Kier alpha value is -1.62. The number of pyridine rings is 1. The highest BCUT2D eigenvalue weighted by molar-refractivity contribution is 5.99. The molecule has 0 bridgehead atoms. The van der Waals surface area contributed by atoms with Gasteiger partial charge in [0, 0.05) is 19.3 Å². The van der Waals surface area contributed by atoms with Crippen molar-refractivity contribution < 1.29 is 4.79 Å². The summed E-state index contributed by atoms with van der Waals surface area (Å²) in [5.74, 6) is 5.36. The van der Waals surface area contributed by atoms with Crippen LogP contribution in [0.4, 0.5) is 5.69 Å². The van der Waals surface area contributed by atoms with Gasteiger partial charge < -0.3 is 10.3 Å². The van der Waals surface area contributed by atoms with Gasteiger partial charge in [-0.25, -0.2) is 0 Å². The zero-order valence-electron chi connectivity index (χ0n) is 8.44. The Balaban J connectivity index is 2.24. The lowest BCUT2D eigenvalue weighted by molar-refractivity contribution is 0.0793. The van der Waals surface area contributed by atoms with Gasteiger partial charge in [-0.1, -0.05) is 0 Å². The lowest BCUT2D eigenvalue weighted by atomic mass is 10.2. The molecule has 15 heavy (non-hydrogen) atoms. The predicted octanol–water partition coefficient (Wildman–Crippen LogP) is 0.603. The van der Waals surface area contributed by atoms with Crippen molar-refractivity contribution in [3.8, 4) is 0 Å². The van der Waals surface area contributed by atoms with E-state index >= 15 is 0 Å². The van der Waals surface area contributed by atoms with E-state index in [9.17, 15) is 4.79 Å². The largest absolute Gasteiger partial charge is 0.339 e. The second-order valence-electron chi connectivity index (χ2n) is 3.56. The minimum atomic E-state index is 0.0304. The first-order valence-corrected chi connectivity index (χ1v) is 5.03. The Morgan fingerprint density at radius 3 is 2.87 bits per heavy atom. The van der Waals surface area contributed by atoms with Crippen molar-refractivity contribution >= 4 is 11.6 Å². The van der Waals surface area contributed by atoms with Gasteiger partial charge in [0.1, 0.15) is 0 Å². The van der Waals surface area contributed by atoms with Crippen LogP contribution in [0.5, 0.6) is 0 Å². The van der Waals surface area contributed by atoms with Gasteiger partial charge in [-0.15, -0.1) is 0 Å². The van der Waals surface area contributed by atoms with Crippen molar-refractivity contribution in [1.29, 1.82) is 0 Å². The Labute approximate surface area is 88.3 Å². The first-order valence-electron chi connectivity index (χ1n) is 5.03. The summed E-state index contributed by atoms with van der Waals surface area (Å²) in [6.45, 7) is 1.68. The summed E-state index contributed by atoms with van der Waals surface area (Å²) in [6, 6.07) is 1.69. The fourth-order valence-electron chi connectivity index (χ4n) is 1.79. The van der Waals surface area contributed by atoms with Gasteiger partial charge >= 0.3 is 0 Å². The van der Waals surface area contributed by atoms with Crippen LogP contribution < -0.4 is 11.3 Å². The summed E-state index contributed by atoms with van der Waals surface area (Å²) in [7, 11) is 0. The summed E-state index contributed by atoms with van der Waals surface area (Å²) in [4.78, 5) is 17.8. The molecule has 1 aromatic rings. The molecule has 1 fully saturated rings. The van der Waals surface area contributed by atoms with Gasteiger partial charge in [0.05, 0.1) is 17.4 Å². The fourth-order valence-corrected chi connectivity index (χ4v) is 1.79. The molecule has 3 N–H and O–H groups in total. The zero-order valence-corrected chi connectivity index (χ0v) is 8.44. The molecule has 80 valence electrons. The number of hydrogen-bond acceptors (Lipinski definition) is 4. The topological polar surface area (TPSA) is 71.2 Å². The van der Waals surface area contributed by atoms with Gasteiger partial charge in [-0.3, -0.25) is 15.6 Å². The number of hydrogen-bond donors (Lipinski definition) is 2. The highest BCUT2D eigenvalue weighted by atomic mass is 16.2. The first kappa shape index (κ1) is 9.92. The third-order valence-corrected chi connectivity index (χ3v) is 2.60. The number of aromatic nitrogens is 1. The fraction of sp³-hybridized carbons (Fsp3) is 0.400. The van der Waals surface area contributed by atoms with Crippen LogP contribution in [0.3, 0.4) is 0 Å². The van der Waals surface area contributed by atoms with Crippen LogP contribution in [0.25, 0.3) is 0 Å². The number of nitrogens with one attached hydrogen (secondary N) is 1. The van der Waals surface area contributed by atoms with Crippen molar-refractivity contribution in [3.05, 3.63) is 24.0 Å². The zero-order chi connectivity index (χ0) is 10.7. The molecule has 0 saturated carbocycles. The molecule has 2 rings (SSSR count). The van der Waals surface area contributed by atoms with Gasteiger partial charge in [0.25, 0.3) is 5.91 Å². The number of anilines is 1. The number of likely N-dealkylation sites (tertiary alicyclic amines) is 1. The maximum absolute atomic E-state index is 12.0. The molecule has 5 nitrogen and oxygen atoms in total. The van der Waals surface area contributed by atoms with Crippen molar-refractivity contribution in [2.24, 2.45) is 5.84 Å². The SMILES string of the molecule is NNc1cnccc1C(=O)N1CCCC1. The normalized spacial score (nSPS) is 15.4. The number of nitrogens with zero attached hydrogens (tertiary/aromatic N) is 2. The second kappa shape index (κ2) is 4.27. The lowest BCUT2D eigenvalue weighted by Crippen LogP contribution is -2.28. The average molecular weight is 206 g/mol. The van der Waals surface area contributed by atoms with Crippen LogP contribution in [0.2, 0.25) is 0 Å². The number of rotatable bonds is 2. The van der Waals surface area contributed by atoms with Crippen molar-refractivity contribution in [3.63, 3.8) is 0 Å². The molecule has 2 heterocycles. The molecule has 5 heteroatoms. The Morgan fingerprint density at radius 2 is 2.20 bits per heavy atom. The average Bonchev–Trinajstić information content (AvgIpc) is 2.81. The molecule has 1 amide bonds. The monoisotopic (exact) mass is 206 g/mol. The molecule has 0 spiro atoms. The number of carbonyl (C=O) groups excluding carboxylic acids is 1. The van der Waals surface area contributed by atoms with Crippen LogP contribution in [0.15, 0.2) is 18.5 Å². The molecule has 0 radical (unpaired) electrons. The summed E-state index contributed by atoms with van der Waals surface area (Å²) in [5.41, 5.74) is 3.66. The molecule has 0 aromatic carbocycles. The maximum Gasteiger partial charge on any atom is 0.256 e. The Bertz CT molecular complexity index is 360. The van der Waals surface area contributed by atoms with Crippen LogP contribution in [-0.4, -0.2) is 28.9 Å². The molecule has 1 aliphatic rings. The quantitative estimate of drug-likeness (QED) is 0.549. The van der Waals surface area contributed by atoms with E-state index < -0.39 is 0 Å². The Kier molecular flexibility index (Phi) is 2.82. The van der Waals surface area contributed by atoms with Crippen molar-refractivity contribution in [2.45, 2.75) is 12.8 Å². The molecule has 0 aliphatic carbocycles. The number of hydrazine groups is 1. The second-order valence-corrected chi connectivity index (χ2v) is 3.56. The van der Waals surface area contributed by atoms with E-state index in [1.54, 1.807) is 18.5 Å². The molecular formula is C10H14N4O. The van der Waals surface area contributed by atoms with E-state index in [1.165, 1.54) is 0 Å². The summed E-state index contributed by atoms with van der Waals surface area (Å²) >= 11 is 0. The van der Waals surface area contributed by atoms with E-state index in [0.717, 1.165) is 25.9 Å². The minimum Gasteiger partial charge on any atom is -0.339 e. The summed E-state index contributed by atoms with van der Waals surface area (Å²) in [6.07, 6.45) is 5.33. The van der Waals surface area contributed by atoms with Gasteiger partial charge in [0.15, 0.2) is 0 Å². The van der Waals surface area contributed by atoms with E-state index in [-0.39, 0.29) is 5.91 Å². The van der Waals surface area contributed by atoms with E-state index in [1.807, 2.05) is 4.90 Å². The van der Waals surface area contributed by atoms with Gasteiger partial charge in [0.2, 0.25) is 0 Å². The minimum absolute atomic E-state index is 0.0304. The van der Waals surface area contributed by atoms with Gasteiger partial charge in [-0.2, -0.15) is 0 Å². The highest BCUT2D eigenvalue weighted by Crippen LogP contribution is 2.17. The van der Waals surface area contributed by atoms with E-state index in [0.29, 0.717) is 11.3 Å². The number of carbonyl (C=O) groups is 1. The van der Waals surface area contributed by atoms with E-state index in [4.69, 9.17) is 5.84 Å². The molecule has 0 atom stereocenters. The number of nitrogens with two attached hydrogens (primary N) is 1. The van der Waals surface area contributed by atoms with Crippen molar-refractivity contribution in [1.82, 2.24) is 9.88 Å². The van der Waals surface area contributed by atoms with Crippen LogP contribution in [-0.2, 0) is 0 Å². The van der Waals surface area contributed by atoms with Crippen molar-refractivity contribution in [2.75, 3.05) is 18.5 Å². The highest BCUT2D eigenvalue weighted by Gasteiger charge is 2.21. The smallest absolute Gasteiger partial charge is 0.256 e. The predicted molar refractivity (Wildman–Crippen MR) is 57.2 cm³/mol. The standard InChI is InChI=1S/C10H14N4O/c11-13-9-7-12-4-3-8(9)10(15)14-5-1-2-6-14/h3-4,7,13H,1-2,5-6,11H2. The molecular weight excluding hydrogens is 192 g/mol. The number of nitrogen functional groups attached to an aromatic ring is 1.